The third kappa shape index (κ3) is 3.19. The fourth-order valence-electron chi connectivity index (χ4n) is 1.45. The number of hydrogen-bond donors (Lipinski definition) is 1. The maximum absolute atomic E-state index is 5.96. The van der Waals surface area contributed by atoms with Gasteiger partial charge in [0, 0.05) is 25.0 Å². The first kappa shape index (κ1) is 11.9. The zero-order valence-electron chi connectivity index (χ0n) is 9.48. The summed E-state index contributed by atoms with van der Waals surface area (Å²) in [6.45, 7) is 0.844. The Morgan fingerprint density at radius 1 is 1.24 bits per heavy atom. The van der Waals surface area contributed by atoms with Crippen molar-refractivity contribution >= 4 is 11.6 Å². The molecule has 1 N–H and O–H groups in total. The molecule has 2 aromatic rings. The molecule has 17 heavy (non-hydrogen) atoms. The number of hydrogen-bond acceptors (Lipinski definition) is 3. The normalized spacial score (nSPS) is 10.2. The Hall–Kier alpha value is -1.58. The molecule has 0 saturated heterocycles. The van der Waals surface area contributed by atoms with Crippen LogP contribution in [0.25, 0.3) is 0 Å². The highest BCUT2D eigenvalue weighted by Gasteiger charge is 2.02. The van der Waals surface area contributed by atoms with Gasteiger partial charge < -0.3 is 10.1 Å². The summed E-state index contributed by atoms with van der Waals surface area (Å²) in [6, 6.07) is 9.61. The second-order valence-corrected chi connectivity index (χ2v) is 3.99. The molecule has 0 unspecified atom stereocenters. The predicted molar refractivity (Wildman–Crippen MR) is 68.5 cm³/mol. The van der Waals surface area contributed by atoms with Gasteiger partial charge in [0.1, 0.15) is 16.5 Å². The van der Waals surface area contributed by atoms with Gasteiger partial charge in [0.15, 0.2) is 0 Å². The van der Waals surface area contributed by atoms with Gasteiger partial charge in [0.25, 0.3) is 0 Å². The standard InChI is InChI=1S/C13H13ClN2O/c1-15-8-10-2-4-11(5-3-10)17-13-6-7-16-9-12(13)14/h2-7,9,15H,8H2,1H3. The van der Waals surface area contributed by atoms with Gasteiger partial charge in [-0.2, -0.15) is 0 Å². The van der Waals surface area contributed by atoms with E-state index in [1.54, 1.807) is 18.5 Å². The summed E-state index contributed by atoms with van der Waals surface area (Å²) in [4.78, 5) is 3.90. The van der Waals surface area contributed by atoms with Crippen molar-refractivity contribution in [3.05, 3.63) is 53.3 Å². The molecule has 0 aliphatic carbocycles. The van der Waals surface area contributed by atoms with Crippen LogP contribution >= 0.6 is 11.6 Å². The fraction of sp³-hybridized carbons (Fsp3) is 0.154. The molecule has 0 amide bonds. The van der Waals surface area contributed by atoms with Crippen LogP contribution in [0.2, 0.25) is 5.02 Å². The Balaban J connectivity index is 2.11. The molecule has 4 heteroatoms. The molecule has 0 bridgehead atoms. The van der Waals surface area contributed by atoms with Crippen LogP contribution in [0.1, 0.15) is 5.56 Å². The number of pyridine rings is 1. The van der Waals surface area contributed by atoms with Gasteiger partial charge in [-0.1, -0.05) is 23.7 Å². The van der Waals surface area contributed by atoms with Crippen molar-refractivity contribution in [2.45, 2.75) is 6.54 Å². The molecule has 0 aliphatic rings. The number of nitrogens with one attached hydrogen (secondary N) is 1. The first-order chi connectivity index (χ1) is 8.29. The molecule has 1 aromatic heterocycles. The fourth-order valence-corrected chi connectivity index (χ4v) is 1.61. The van der Waals surface area contributed by atoms with Gasteiger partial charge in [-0.25, -0.2) is 0 Å². The van der Waals surface area contributed by atoms with E-state index in [4.69, 9.17) is 16.3 Å². The third-order valence-electron chi connectivity index (χ3n) is 2.27. The summed E-state index contributed by atoms with van der Waals surface area (Å²) in [5.74, 6) is 1.38. The number of aromatic nitrogens is 1. The van der Waals surface area contributed by atoms with E-state index in [1.807, 2.05) is 31.3 Å². The van der Waals surface area contributed by atoms with Crippen LogP contribution in [0.5, 0.6) is 11.5 Å². The lowest BCUT2D eigenvalue weighted by atomic mass is 10.2. The Morgan fingerprint density at radius 2 is 2.00 bits per heavy atom. The molecule has 0 fully saturated rings. The third-order valence-corrected chi connectivity index (χ3v) is 2.55. The molecule has 0 atom stereocenters. The molecule has 1 heterocycles. The molecular formula is C13H13ClN2O. The lowest BCUT2D eigenvalue weighted by molar-refractivity contribution is 0.482. The van der Waals surface area contributed by atoms with E-state index in [1.165, 1.54) is 5.56 Å². The van der Waals surface area contributed by atoms with E-state index >= 15 is 0 Å². The number of nitrogens with zero attached hydrogens (tertiary/aromatic N) is 1. The largest absolute Gasteiger partial charge is 0.456 e. The second-order valence-electron chi connectivity index (χ2n) is 3.58. The van der Waals surface area contributed by atoms with Gasteiger partial charge in [0.2, 0.25) is 0 Å². The Bertz CT molecular complexity index is 485. The first-order valence-corrected chi connectivity index (χ1v) is 5.68. The van der Waals surface area contributed by atoms with Crippen molar-refractivity contribution in [1.29, 1.82) is 0 Å². The zero-order valence-corrected chi connectivity index (χ0v) is 10.2. The highest BCUT2D eigenvalue weighted by atomic mass is 35.5. The van der Waals surface area contributed by atoms with Crippen LogP contribution < -0.4 is 10.1 Å². The number of rotatable bonds is 4. The monoisotopic (exact) mass is 248 g/mol. The van der Waals surface area contributed by atoms with Gasteiger partial charge in [0.05, 0.1) is 0 Å². The predicted octanol–water partition coefficient (Wildman–Crippen LogP) is 3.25. The van der Waals surface area contributed by atoms with Crippen molar-refractivity contribution in [2.24, 2.45) is 0 Å². The van der Waals surface area contributed by atoms with Crippen molar-refractivity contribution in [3.8, 4) is 11.5 Å². The lowest BCUT2D eigenvalue weighted by Gasteiger charge is -2.07. The molecule has 0 aliphatic heterocycles. The maximum Gasteiger partial charge on any atom is 0.149 e. The molecule has 1 aromatic carbocycles. The Labute approximate surface area is 105 Å². The summed E-state index contributed by atoms with van der Waals surface area (Å²) < 4.78 is 5.65. The van der Waals surface area contributed by atoms with E-state index in [2.05, 4.69) is 10.3 Å². The van der Waals surface area contributed by atoms with Crippen LogP contribution in [-0.4, -0.2) is 12.0 Å². The van der Waals surface area contributed by atoms with Crippen LogP contribution in [0.4, 0.5) is 0 Å². The number of ether oxygens (including phenoxy) is 1. The summed E-state index contributed by atoms with van der Waals surface area (Å²) in [7, 11) is 1.92. The number of benzene rings is 1. The molecule has 88 valence electrons. The minimum absolute atomic E-state index is 0.506. The van der Waals surface area contributed by atoms with Crippen molar-refractivity contribution < 1.29 is 4.74 Å². The first-order valence-electron chi connectivity index (χ1n) is 5.30. The van der Waals surface area contributed by atoms with E-state index < -0.39 is 0 Å². The molecule has 0 radical (unpaired) electrons. The second kappa shape index (κ2) is 5.66. The summed E-state index contributed by atoms with van der Waals surface area (Å²) >= 11 is 5.96. The minimum Gasteiger partial charge on any atom is -0.456 e. The van der Waals surface area contributed by atoms with Crippen molar-refractivity contribution in [2.75, 3.05) is 7.05 Å². The minimum atomic E-state index is 0.506. The highest BCUT2D eigenvalue weighted by molar-refractivity contribution is 6.31. The Morgan fingerprint density at radius 3 is 2.65 bits per heavy atom. The lowest BCUT2D eigenvalue weighted by Crippen LogP contribution is -2.04. The highest BCUT2D eigenvalue weighted by Crippen LogP contribution is 2.27. The molecule has 3 nitrogen and oxygen atoms in total. The van der Waals surface area contributed by atoms with Gasteiger partial charge in [-0.15, -0.1) is 0 Å². The topological polar surface area (TPSA) is 34.1 Å². The average molecular weight is 249 g/mol. The number of halogens is 1. The molecular weight excluding hydrogens is 236 g/mol. The van der Waals surface area contributed by atoms with Gasteiger partial charge >= 0.3 is 0 Å². The van der Waals surface area contributed by atoms with E-state index in [0.29, 0.717) is 10.8 Å². The van der Waals surface area contributed by atoms with Crippen LogP contribution in [0.3, 0.4) is 0 Å². The van der Waals surface area contributed by atoms with Crippen molar-refractivity contribution in [3.63, 3.8) is 0 Å². The molecule has 2 rings (SSSR count). The summed E-state index contributed by atoms with van der Waals surface area (Å²) in [5, 5.41) is 3.60. The Kier molecular flexibility index (Phi) is 3.96. The smallest absolute Gasteiger partial charge is 0.149 e. The van der Waals surface area contributed by atoms with E-state index in [0.717, 1.165) is 12.3 Å². The van der Waals surface area contributed by atoms with E-state index in [9.17, 15) is 0 Å². The zero-order chi connectivity index (χ0) is 12.1. The SMILES string of the molecule is CNCc1ccc(Oc2ccncc2Cl)cc1. The van der Waals surface area contributed by atoms with Crippen LogP contribution in [0, 0.1) is 0 Å². The van der Waals surface area contributed by atoms with E-state index in [-0.39, 0.29) is 0 Å². The van der Waals surface area contributed by atoms with Gasteiger partial charge in [-0.3, -0.25) is 4.98 Å². The maximum atomic E-state index is 5.96. The van der Waals surface area contributed by atoms with Crippen molar-refractivity contribution in [1.82, 2.24) is 10.3 Å². The van der Waals surface area contributed by atoms with Crippen LogP contribution in [0.15, 0.2) is 42.7 Å². The molecule has 0 spiro atoms. The quantitative estimate of drug-likeness (QED) is 0.902. The summed E-state index contributed by atoms with van der Waals surface area (Å²) in [5.41, 5.74) is 1.21. The van der Waals surface area contributed by atoms with Crippen LogP contribution in [-0.2, 0) is 6.54 Å². The summed E-state index contributed by atoms with van der Waals surface area (Å²) in [6.07, 6.45) is 3.21. The average Bonchev–Trinajstić information content (AvgIpc) is 2.35. The molecule has 0 saturated carbocycles. The van der Waals surface area contributed by atoms with Gasteiger partial charge in [-0.05, 0) is 24.7 Å².